The van der Waals surface area contributed by atoms with Gasteiger partial charge in [-0.1, -0.05) is 30.3 Å². The van der Waals surface area contributed by atoms with Gasteiger partial charge < -0.3 is 9.80 Å². The van der Waals surface area contributed by atoms with Crippen LogP contribution in [0.3, 0.4) is 0 Å². The molecule has 0 radical (unpaired) electrons. The van der Waals surface area contributed by atoms with E-state index in [9.17, 15) is 13.2 Å². The van der Waals surface area contributed by atoms with Crippen molar-refractivity contribution in [3.8, 4) is 0 Å². The van der Waals surface area contributed by atoms with E-state index in [-0.39, 0.29) is 17.0 Å². The average Bonchev–Trinajstić information content (AvgIpc) is 3.41. The van der Waals surface area contributed by atoms with Gasteiger partial charge in [0.05, 0.1) is 16.6 Å². The highest BCUT2D eigenvalue weighted by atomic mass is 32.2. The molecule has 2 aromatic carbocycles. The second kappa shape index (κ2) is 8.18. The summed E-state index contributed by atoms with van der Waals surface area (Å²) in [6, 6.07) is 15.0. The molecule has 8 nitrogen and oxygen atoms in total. The van der Waals surface area contributed by atoms with Crippen LogP contribution < -0.4 is 0 Å². The monoisotopic (exact) mass is 457 g/mol. The lowest BCUT2D eigenvalue weighted by Crippen LogP contribution is -2.47. The van der Waals surface area contributed by atoms with Gasteiger partial charge >= 0.3 is 6.03 Å². The molecule has 2 fully saturated rings. The number of piperidine rings is 1. The zero-order valence-corrected chi connectivity index (χ0v) is 18.6. The molecular weight excluding hydrogens is 434 g/mol. The Labute approximate surface area is 185 Å². The molecule has 3 heterocycles. The smallest absolute Gasteiger partial charge is 0.320 e. The second-order valence-corrected chi connectivity index (χ2v) is 10.4. The van der Waals surface area contributed by atoms with Crippen LogP contribution in [0.15, 0.2) is 53.4 Å². The van der Waals surface area contributed by atoms with Gasteiger partial charge in [-0.05, 0) is 36.6 Å². The normalized spacial score (nSPS) is 18.9. The largest absolute Gasteiger partial charge is 0.320 e. The van der Waals surface area contributed by atoms with E-state index in [1.54, 1.807) is 18.2 Å². The van der Waals surface area contributed by atoms with Gasteiger partial charge in [0.2, 0.25) is 10.0 Å². The van der Waals surface area contributed by atoms with Crippen LogP contribution in [0.4, 0.5) is 4.79 Å². The number of hydrogen-bond donors (Lipinski definition) is 0. The first-order chi connectivity index (χ1) is 15.0. The molecule has 1 aromatic heterocycles. The number of carbonyl (C=O) groups excluding carboxylic acids is 1. The van der Waals surface area contributed by atoms with Crippen LogP contribution >= 0.6 is 11.7 Å². The first kappa shape index (κ1) is 20.3. The molecule has 2 aliphatic rings. The molecule has 0 N–H and O–H groups in total. The number of aromatic nitrogens is 2. The van der Waals surface area contributed by atoms with Crippen molar-refractivity contribution in [3.05, 3.63) is 54.1 Å². The third-order valence-electron chi connectivity index (χ3n) is 6.07. The van der Waals surface area contributed by atoms with Crippen LogP contribution in [0.5, 0.6) is 0 Å². The van der Waals surface area contributed by atoms with E-state index in [1.165, 1.54) is 4.31 Å². The van der Waals surface area contributed by atoms with Gasteiger partial charge in [0, 0.05) is 38.8 Å². The van der Waals surface area contributed by atoms with Crippen molar-refractivity contribution in [1.82, 2.24) is 22.9 Å². The minimum absolute atomic E-state index is 0.0478. The van der Waals surface area contributed by atoms with E-state index in [1.807, 2.05) is 40.1 Å². The number of nitrogens with zero attached hydrogens (tertiary/aromatic N) is 5. The van der Waals surface area contributed by atoms with E-state index in [4.69, 9.17) is 0 Å². The standard InChI is InChI=1S/C21H23N5O3S2/c27-21-24(15-16-4-2-1-3-5-16)12-13-26(21)17-8-10-25(11-9-17)31(28,29)18-6-7-19-20(14-18)23-30-22-19/h1-7,14,17H,8-13,15H2. The predicted octanol–water partition coefficient (Wildman–Crippen LogP) is 2.78. The summed E-state index contributed by atoms with van der Waals surface area (Å²) in [6.07, 6.45) is 1.29. The van der Waals surface area contributed by atoms with E-state index in [0.717, 1.165) is 17.3 Å². The van der Waals surface area contributed by atoms with Crippen LogP contribution in [-0.2, 0) is 16.6 Å². The zero-order chi connectivity index (χ0) is 21.4. The number of hydrogen-bond acceptors (Lipinski definition) is 6. The number of fused-ring (bicyclic) bond motifs is 1. The molecule has 3 aromatic rings. The number of benzene rings is 2. The van der Waals surface area contributed by atoms with Crippen LogP contribution in [-0.4, -0.2) is 69.5 Å². The van der Waals surface area contributed by atoms with Crippen molar-refractivity contribution < 1.29 is 13.2 Å². The topological polar surface area (TPSA) is 86.7 Å². The first-order valence-corrected chi connectivity index (χ1v) is 12.5. The summed E-state index contributed by atoms with van der Waals surface area (Å²) < 4.78 is 36.0. The number of carbonyl (C=O) groups is 1. The van der Waals surface area contributed by atoms with Gasteiger partial charge in [-0.25, -0.2) is 13.2 Å². The minimum atomic E-state index is -3.59. The zero-order valence-electron chi connectivity index (χ0n) is 16.9. The maximum absolute atomic E-state index is 13.1. The highest BCUT2D eigenvalue weighted by Gasteiger charge is 2.37. The molecule has 2 aliphatic heterocycles. The summed E-state index contributed by atoms with van der Waals surface area (Å²) >= 11 is 1.07. The SMILES string of the molecule is O=C1N(Cc2ccccc2)CCN1C1CCN(S(=O)(=O)c2ccc3nsnc3c2)CC1. The Morgan fingerprint density at radius 2 is 1.68 bits per heavy atom. The maximum atomic E-state index is 13.1. The lowest BCUT2D eigenvalue weighted by atomic mass is 10.1. The van der Waals surface area contributed by atoms with Gasteiger partial charge in [-0.2, -0.15) is 13.1 Å². The third kappa shape index (κ3) is 3.90. The lowest BCUT2D eigenvalue weighted by Gasteiger charge is -2.35. The predicted molar refractivity (Wildman–Crippen MR) is 118 cm³/mol. The summed E-state index contributed by atoms with van der Waals surface area (Å²) in [5.41, 5.74) is 2.42. The maximum Gasteiger partial charge on any atom is 0.320 e. The Balaban J connectivity index is 1.22. The van der Waals surface area contributed by atoms with Crippen LogP contribution in [0, 0.1) is 0 Å². The molecule has 5 rings (SSSR count). The summed E-state index contributed by atoms with van der Waals surface area (Å²) in [4.78, 5) is 17.0. The Bertz CT molecular complexity index is 1190. The first-order valence-electron chi connectivity index (χ1n) is 10.3. The fourth-order valence-corrected chi connectivity index (χ4v) is 6.36. The summed E-state index contributed by atoms with van der Waals surface area (Å²) in [7, 11) is -3.59. The highest BCUT2D eigenvalue weighted by molar-refractivity contribution is 7.89. The molecule has 2 amide bonds. The van der Waals surface area contributed by atoms with Gasteiger partial charge in [0.15, 0.2) is 0 Å². The Morgan fingerprint density at radius 1 is 0.935 bits per heavy atom. The van der Waals surface area contributed by atoms with Crippen molar-refractivity contribution in [2.24, 2.45) is 0 Å². The summed E-state index contributed by atoms with van der Waals surface area (Å²) in [6.45, 7) is 2.81. The third-order valence-corrected chi connectivity index (χ3v) is 8.52. The number of amides is 2. The number of sulfonamides is 1. The molecule has 0 saturated carbocycles. The lowest BCUT2D eigenvalue weighted by molar-refractivity contribution is 0.153. The van der Waals surface area contributed by atoms with Crippen molar-refractivity contribution in [3.63, 3.8) is 0 Å². The molecule has 2 saturated heterocycles. The molecule has 0 aliphatic carbocycles. The number of rotatable bonds is 5. The van der Waals surface area contributed by atoms with E-state index in [2.05, 4.69) is 8.75 Å². The van der Waals surface area contributed by atoms with Crippen LogP contribution in [0.25, 0.3) is 11.0 Å². The summed E-state index contributed by atoms with van der Waals surface area (Å²) in [5.74, 6) is 0. The molecule has 0 unspecified atom stereocenters. The fraction of sp³-hybridized carbons (Fsp3) is 0.381. The Hall–Kier alpha value is -2.56. The van der Waals surface area contributed by atoms with Crippen LogP contribution in [0.1, 0.15) is 18.4 Å². The average molecular weight is 458 g/mol. The Kier molecular flexibility index (Phi) is 5.37. The van der Waals surface area contributed by atoms with Gasteiger partial charge in [-0.3, -0.25) is 0 Å². The van der Waals surface area contributed by atoms with E-state index in [0.29, 0.717) is 56.6 Å². The molecular formula is C21H23N5O3S2. The second-order valence-electron chi connectivity index (χ2n) is 7.93. The Morgan fingerprint density at radius 3 is 2.45 bits per heavy atom. The van der Waals surface area contributed by atoms with Crippen molar-refractivity contribution >= 4 is 38.8 Å². The van der Waals surface area contributed by atoms with Gasteiger partial charge in [-0.15, -0.1) is 0 Å². The minimum Gasteiger partial charge on any atom is -0.320 e. The van der Waals surface area contributed by atoms with Crippen molar-refractivity contribution in [2.45, 2.75) is 30.3 Å². The molecule has 10 heteroatoms. The molecule has 31 heavy (non-hydrogen) atoms. The highest BCUT2D eigenvalue weighted by Crippen LogP contribution is 2.27. The molecule has 0 spiro atoms. The van der Waals surface area contributed by atoms with Gasteiger partial charge in [0.1, 0.15) is 11.0 Å². The summed E-state index contributed by atoms with van der Waals surface area (Å²) in [5, 5.41) is 0. The quantitative estimate of drug-likeness (QED) is 0.588. The molecule has 162 valence electrons. The molecule has 0 bridgehead atoms. The van der Waals surface area contributed by atoms with Crippen molar-refractivity contribution in [2.75, 3.05) is 26.2 Å². The fourth-order valence-electron chi connectivity index (χ4n) is 4.36. The van der Waals surface area contributed by atoms with Crippen molar-refractivity contribution in [1.29, 1.82) is 0 Å². The number of urea groups is 1. The van der Waals surface area contributed by atoms with E-state index >= 15 is 0 Å². The molecule has 0 atom stereocenters. The van der Waals surface area contributed by atoms with E-state index < -0.39 is 10.0 Å². The van der Waals surface area contributed by atoms with Crippen LogP contribution in [0.2, 0.25) is 0 Å². The van der Waals surface area contributed by atoms with Gasteiger partial charge in [0.25, 0.3) is 0 Å².